The predicted octanol–water partition coefficient (Wildman–Crippen LogP) is 4.84. The molecule has 3 aromatic heterocycles. The number of benzene rings is 1. The summed E-state index contributed by atoms with van der Waals surface area (Å²) in [4.78, 5) is 37.8. The van der Waals surface area contributed by atoms with Crippen molar-refractivity contribution in [3.05, 3.63) is 69.2 Å². The highest BCUT2D eigenvalue weighted by atomic mass is 35.5. The van der Waals surface area contributed by atoms with Gasteiger partial charge in [-0.15, -0.1) is 11.3 Å². The largest absolute Gasteiger partial charge is 0.417 e. The van der Waals surface area contributed by atoms with E-state index in [0.29, 0.717) is 16.0 Å². The molecule has 0 bridgehead atoms. The zero-order valence-electron chi connectivity index (χ0n) is 17.6. The third kappa shape index (κ3) is 4.73. The lowest BCUT2D eigenvalue weighted by Crippen LogP contribution is -2.27. The summed E-state index contributed by atoms with van der Waals surface area (Å²) in [7, 11) is 1.80. The lowest BCUT2D eigenvalue weighted by atomic mass is 10.2. The molecule has 4 aromatic rings. The Morgan fingerprint density at radius 1 is 1.15 bits per heavy atom. The first-order valence-electron chi connectivity index (χ1n) is 9.75. The van der Waals surface area contributed by atoms with Crippen molar-refractivity contribution in [3.8, 4) is 0 Å². The van der Waals surface area contributed by atoms with Gasteiger partial charge in [0.2, 0.25) is 0 Å². The van der Waals surface area contributed by atoms with Gasteiger partial charge in [-0.2, -0.15) is 13.2 Å². The molecule has 0 fully saturated rings. The van der Waals surface area contributed by atoms with E-state index >= 15 is 0 Å². The normalized spacial score (nSPS) is 12.5. The second-order valence-electron chi connectivity index (χ2n) is 7.29. The van der Waals surface area contributed by atoms with Gasteiger partial charge in [0, 0.05) is 18.9 Å². The van der Waals surface area contributed by atoms with Crippen molar-refractivity contribution in [3.63, 3.8) is 0 Å². The van der Waals surface area contributed by atoms with Crippen LogP contribution in [0.3, 0.4) is 0 Å². The summed E-state index contributed by atoms with van der Waals surface area (Å²) >= 11 is 6.61. The lowest BCUT2D eigenvalue weighted by Gasteiger charge is -2.12. The molecular weight excluding hydrogens is 493 g/mol. The highest BCUT2D eigenvalue weighted by molar-refractivity contribution is 7.13. The molecule has 0 radical (unpaired) electrons. The van der Waals surface area contributed by atoms with E-state index in [1.807, 2.05) is 0 Å². The van der Waals surface area contributed by atoms with Crippen LogP contribution in [-0.4, -0.2) is 31.3 Å². The molecule has 13 heteroatoms. The summed E-state index contributed by atoms with van der Waals surface area (Å²) in [5.41, 5.74) is -0.300. The zero-order chi connectivity index (χ0) is 24.6. The number of halogens is 4. The number of nitrogens with zero attached hydrogens (tertiary/aromatic N) is 4. The predicted molar refractivity (Wildman–Crippen MR) is 121 cm³/mol. The van der Waals surface area contributed by atoms with E-state index in [9.17, 15) is 22.8 Å². The summed E-state index contributed by atoms with van der Waals surface area (Å²) in [5.74, 6) is -1.08. The molecule has 0 aliphatic heterocycles. The van der Waals surface area contributed by atoms with Gasteiger partial charge in [0.05, 0.1) is 28.2 Å². The molecule has 0 saturated heterocycles. The lowest BCUT2D eigenvalue weighted by molar-refractivity contribution is -0.137. The molecule has 0 aliphatic rings. The van der Waals surface area contributed by atoms with Gasteiger partial charge in [-0.25, -0.2) is 15.0 Å². The number of aromatic nitrogens is 4. The van der Waals surface area contributed by atoms with Crippen molar-refractivity contribution >= 4 is 51.5 Å². The van der Waals surface area contributed by atoms with Crippen molar-refractivity contribution in [2.24, 2.45) is 7.05 Å². The maximum Gasteiger partial charge on any atom is 0.417 e. The van der Waals surface area contributed by atoms with Crippen molar-refractivity contribution in [2.45, 2.75) is 19.1 Å². The Morgan fingerprint density at radius 3 is 2.65 bits per heavy atom. The van der Waals surface area contributed by atoms with Gasteiger partial charge in [-0.05, 0) is 31.2 Å². The summed E-state index contributed by atoms with van der Waals surface area (Å²) < 4.78 is 40.9. The monoisotopic (exact) mass is 508 g/mol. The van der Waals surface area contributed by atoms with Gasteiger partial charge in [0.1, 0.15) is 27.6 Å². The Bertz CT molecular complexity index is 1400. The van der Waals surface area contributed by atoms with Crippen LogP contribution in [-0.2, 0) is 13.2 Å². The molecule has 4 rings (SSSR count). The van der Waals surface area contributed by atoms with Crippen LogP contribution in [0.2, 0.25) is 5.02 Å². The first-order chi connectivity index (χ1) is 16.0. The number of hydrogen-bond donors (Lipinski definition) is 2. The van der Waals surface area contributed by atoms with E-state index in [4.69, 9.17) is 11.6 Å². The van der Waals surface area contributed by atoms with E-state index in [-0.39, 0.29) is 16.3 Å². The second-order valence-corrected chi connectivity index (χ2v) is 8.76. The van der Waals surface area contributed by atoms with E-state index in [0.717, 1.165) is 23.5 Å². The average Bonchev–Trinajstić information content (AvgIpc) is 3.42. The number of carbonyl (C=O) groups is 2. The SMILES string of the molecule is CC(NC(=O)c1ncnc2c1ccn2C)c1ncc(C(=O)Nc2ccc(Cl)c(C(F)(F)F)c2)s1. The van der Waals surface area contributed by atoms with Crippen molar-refractivity contribution < 1.29 is 22.8 Å². The maximum atomic E-state index is 13.0. The van der Waals surface area contributed by atoms with Crippen molar-refractivity contribution in [2.75, 3.05) is 5.32 Å². The van der Waals surface area contributed by atoms with Crippen molar-refractivity contribution in [1.29, 1.82) is 0 Å². The molecule has 8 nitrogen and oxygen atoms in total. The van der Waals surface area contributed by atoms with E-state index in [1.54, 1.807) is 30.8 Å². The highest BCUT2D eigenvalue weighted by Gasteiger charge is 2.33. The van der Waals surface area contributed by atoms with Crippen LogP contribution in [0.15, 0.2) is 43.0 Å². The second kappa shape index (κ2) is 9.03. The summed E-state index contributed by atoms with van der Waals surface area (Å²) in [6, 6.07) is 4.28. The van der Waals surface area contributed by atoms with Gasteiger partial charge in [-0.1, -0.05) is 11.6 Å². The summed E-state index contributed by atoms with van der Waals surface area (Å²) in [6.07, 6.45) is -0.297. The minimum Gasteiger partial charge on any atom is -0.342 e. The van der Waals surface area contributed by atoms with Crippen molar-refractivity contribution in [1.82, 2.24) is 24.8 Å². The Labute approximate surface area is 199 Å². The first kappa shape index (κ1) is 23.6. The number of amides is 2. The van der Waals surface area contributed by atoms with E-state index < -0.39 is 34.6 Å². The minimum absolute atomic E-state index is 0.0614. The molecule has 2 amide bonds. The number of nitrogens with one attached hydrogen (secondary N) is 2. The van der Waals surface area contributed by atoms with Crippen LogP contribution in [0, 0.1) is 0 Å². The fourth-order valence-electron chi connectivity index (χ4n) is 3.19. The Balaban J connectivity index is 1.46. The summed E-state index contributed by atoms with van der Waals surface area (Å²) in [5, 5.41) is 5.75. The van der Waals surface area contributed by atoms with Crippen LogP contribution < -0.4 is 10.6 Å². The van der Waals surface area contributed by atoms with Gasteiger partial charge < -0.3 is 15.2 Å². The number of alkyl halides is 3. The molecule has 34 heavy (non-hydrogen) atoms. The van der Waals surface area contributed by atoms with Crippen LogP contribution >= 0.6 is 22.9 Å². The number of rotatable bonds is 5. The summed E-state index contributed by atoms with van der Waals surface area (Å²) in [6.45, 7) is 1.69. The molecule has 0 saturated carbocycles. The topological polar surface area (TPSA) is 102 Å². The Kier molecular flexibility index (Phi) is 6.28. The number of anilines is 1. The van der Waals surface area contributed by atoms with Gasteiger partial charge >= 0.3 is 6.18 Å². The van der Waals surface area contributed by atoms with Crippen LogP contribution in [0.25, 0.3) is 11.0 Å². The molecule has 0 aliphatic carbocycles. The zero-order valence-corrected chi connectivity index (χ0v) is 19.2. The molecular formula is C21H16ClF3N6O2S. The standard InChI is InChI=1S/C21H16ClF3N6O2S/c1-10(29-19(33)16-12-5-6-31(2)17(12)28-9-27-16)20-26-8-15(34-20)18(32)30-11-3-4-14(22)13(7-11)21(23,24)25/h3-10H,1-2H3,(H,29,33)(H,30,32). The number of hydrogen-bond acceptors (Lipinski definition) is 6. The van der Waals surface area contributed by atoms with Crippen LogP contribution in [0.1, 0.15) is 43.7 Å². The number of fused-ring (bicyclic) bond motifs is 1. The minimum atomic E-state index is -4.65. The van der Waals surface area contributed by atoms with E-state index in [1.165, 1.54) is 18.6 Å². The number of thiazole rings is 1. The fraction of sp³-hybridized carbons (Fsp3) is 0.190. The third-order valence-electron chi connectivity index (χ3n) is 4.87. The number of aryl methyl sites for hydroxylation is 1. The average molecular weight is 509 g/mol. The molecule has 0 spiro atoms. The molecule has 3 heterocycles. The highest BCUT2D eigenvalue weighted by Crippen LogP contribution is 2.36. The third-order valence-corrected chi connectivity index (χ3v) is 6.38. The van der Waals surface area contributed by atoms with E-state index in [2.05, 4.69) is 25.6 Å². The fourth-order valence-corrected chi connectivity index (χ4v) is 4.23. The molecule has 1 unspecified atom stereocenters. The number of carbonyl (C=O) groups excluding carboxylic acids is 2. The smallest absolute Gasteiger partial charge is 0.342 e. The first-order valence-corrected chi connectivity index (χ1v) is 10.9. The molecule has 176 valence electrons. The molecule has 1 atom stereocenters. The van der Waals surface area contributed by atoms with Gasteiger partial charge in [-0.3, -0.25) is 9.59 Å². The quantitative estimate of drug-likeness (QED) is 0.401. The van der Waals surface area contributed by atoms with Gasteiger partial charge in [0.25, 0.3) is 11.8 Å². The molecule has 1 aromatic carbocycles. The van der Waals surface area contributed by atoms with Gasteiger partial charge in [0.15, 0.2) is 0 Å². The Morgan fingerprint density at radius 2 is 1.91 bits per heavy atom. The van der Waals surface area contributed by atoms with Crippen LogP contribution in [0.4, 0.5) is 18.9 Å². The van der Waals surface area contributed by atoms with Crippen LogP contribution in [0.5, 0.6) is 0 Å². The molecule has 2 N–H and O–H groups in total. The maximum absolute atomic E-state index is 13.0. The Hall–Kier alpha value is -3.51.